The zero-order chi connectivity index (χ0) is 13.4. The molecule has 0 bridgehead atoms. The van der Waals surface area contributed by atoms with E-state index in [2.05, 4.69) is 0 Å². The predicted molar refractivity (Wildman–Crippen MR) is 68.1 cm³/mol. The third-order valence-electron chi connectivity index (χ3n) is 3.99. The van der Waals surface area contributed by atoms with E-state index in [1.165, 1.54) is 6.07 Å². The summed E-state index contributed by atoms with van der Waals surface area (Å²) >= 11 is 0. The molecule has 6 heteroatoms. The Morgan fingerprint density at radius 1 is 1.26 bits per heavy atom. The van der Waals surface area contributed by atoms with Crippen LogP contribution in [0.5, 0.6) is 11.5 Å². The van der Waals surface area contributed by atoms with Gasteiger partial charge in [-0.2, -0.15) is 0 Å². The summed E-state index contributed by atoms with van der Waals surface area (Å²) in [6.45, 7) is 0.106. The molecule has 6 nitrogen and oxygen atoms in total. The number of nitrogens with two attached hydrogens (primary N) is 1. The van der Waals surface area contributed by atoms with Crippen molar-refractivity contribution in [1.82, 2.24) is 0 Å². The van der Waals surface area contributed by atoms with Crippen LogP contribution in [0.15, 0.2) is 12.1 Å². The summed E-state index contributed by atoms with van der Waals surface area (Å²) in [6, 6.07) is 2.79. The second-order valence-electron chi connectivity index (χ2n) is 5.09. The summed E-state index contributed by atoms with van der Waals surface area (Å²) in [5, 5.41) is 11.2. The standard InChI is InChI=1S/C13H16N2O4/c14-13(8-3-1-2-4-8)9-5-11-12(19-7-18-11)6-10(9)15(16)17/h5-6,8,13H,1-4,7,14H2/t13-/m0/s1. The van der Waals surface area contributed by atoms with Crippen molar-refractivity contribution in [2.24, 2.45) is 11.7 Å². The van der Waals surface area contributed by atoms with Crippen LogP contribution in [-0.2, 0) is 0 Å². The Hall–Kier alpha value is -1.82. The summed E-state index contributed by atoms with van der Waals surface area (Å²) in [5.41, 5.74) is 6.82. The van der Waals surface area contributed by atoms with E-state index in [9.17, 15) is 10.1 Å². The van der Waals surface area contributed by atoms with Gasteiger partial charge >= 0.3 is 0 Å². The molecule has 2 N–H and O–H groups in total. The van der Waals surface area contributed by atoms with E-state index in [0.29, 0.717) is 23.0 Å². The fourth-order valence-electron chi connectivity index (χ4n) is 2.94. The quantitative estimate of drug-likeness (QED) is 0.669. The van der Waals surface area contributed by atoms with Crippen LogP contribution in [0.4, 0.5) is 5.69 Å². The Morgan fingerprint density at radius 2 is 1.89 bits per heavy atom. The Labute approximate surface area is 110 Å². The molecule has 1 atom stereocenters. The van der Waals surface area contributed by atoms with Crippen molar-refractivity contribution >= 4 is 5.69 Å². The van der Waals surface area contributed by atoms with E-state index in [4.69, 9.17) is 15.2 Å². The molecule has 3 rings (SSSR count). The summed E-state index contributed by atoms with van der Waals surface area (Å²) in [4.78, 5) is 10.8. The zero-order valence-corrected chi connectivity index (χ0v) is 10.5. The van der Waals surface area contributed by atoms with Gasteiger partial charge in [0.25, 0.3) is 5.69 Å². The highest BCUT2D eigenvalue weighted by Gasteiger charge is 2.31. The van der Waals surface area contributed by atoms with E-state index < -0.39 is 4.92 Å². The molecule has 2 aliphatic rings. The molecule has 0 unspecified atom stereocenters. The average Bonchev–Trinajstić information content (AvgIpc) is 3.06. The maximum Gasteiger partial charge on any atom is 0.278 e. The fraction of sp³-hybridized carbons (Fsp3) is 0.538. The molecule has 102 valence electrons. The van der Waals surface area contributed by atoms with Crippen molar-refractivity contribution in [3.05, 3.63) is 27.8 Å². The van der Waals surface area contributed by atoms with Crippen molar-refractivity contribution < 1.29 is 14.4 Å². The minimum atomic E-state index is -0.397. The molecule has 1 heterocycles. The number of fused-ring (bicyclic) bond motifs is 1. The highest BCUT2D eigenvalue weighted by atomic mass is 16.7. The van der Waals surface area contributed by atoms with Crippen molar-refractivity contribution in [3.8, 4) is 11.5 Å². The number of benzene rings is 1. The molecule has 1 fully saturated rings. The van der Waals surface area contributed by atoms with Gasteiger partial charge in [-0.05, 0) is 24.8 Å². The van der Waals surface area contributed by atoms with Crippen LogP contribution in [0.2, 0.25) is 0 Å². The summed E-state index contributed by atoms with van der Waals surface area (Å²) in [6.07, 6.45) is 4.37. The topological polar surface area (TPSA) is 87.6 Å². The molecular weight excluding hydrogens is 248 g/mol. The minimum Gasteiger partial charge on any atom is -0.454 e. The molecule has 1 aromatic carbocycles. The maximum atomic E-state index is 11.2. The minimum absolute atomic E-state index is 0.0312. The van der Waals surface area contributed by atoms with Gasteiger partial charge in [-0.15, -0.1) is 0 Å². The van der Waals surface area contributed by atoms with Crippen molar-refractivity contribution in [2.45, 2.75) is 31.7 Å². The van der Waals surface area contributed by atoms with Gasteiger partial charge < -0.3 is 15.2 Å². The Morgan fingerprint density at radius 3 is 2.53 bits per heavy atom. The lowest BCUT2D eigenvalue weighted by atomic mass is 9.91. The van der Waals surface area contributed by atoms with Gasteiger partial charge in [0.2, 0.25) is 6.79 Å². The van der Waals surface area contributed by atoms with Crippen molar-refractivity contribution in [1.29, 1.82) is 0 Å². The second-order valence-corrected chi connectivity index (χ2v) is 5.09. The van der Waals surface area contributed by atoms with Crippen molar-refractivity contribution in [3.63, 3.8) is 0 Å². The molecule has 1 aromatic rings. The zero-order valence-electron chi connectivity index (χ0n) is 10.5. The van der Waals surface area contributed by atoms with Gasteiger partial charge in [0.1, 0.15) is 0 Å². The number of rotatable bonds is 3. The average molecular weight is 264 g/mol. The first-order valence-electron chi connectivity index (χ1n) is 6.50. The van der Waals surface area contributed by atoms with Gasteiger partial charge in [-0.1, -0.05) is 12.8 Å². The predicted octanol–water partition coefficient (Wildman–Crippen LogP) is 2.51. The van der Waals surface area contributed by atoms with Gasteiger partial charge in [0.05, 0.1) is 16.6 Å². The van der Waals surface area contributed by atoms with Crippen LogP contribution >= 0.6 is 0 Å². The SMILES string of the molecule is N[C@H](c1cc2c(cc1[N+](=O)[O-])OCO2)C1CCCC1. The molecule has 1 aliphatic carbocycles. The van der Waals surface area contributed by atoms with E-state index in [1.807, 2.05) is 0 Å². The van der Waals surface area contributed by atoms with E-state index >= 15 is 0 Å². The Bertz CT molecular complexity index is 512. The monoisotopic (exact) mass is 264 g/mol. The van der Waals surface area contributed by atoms with Crippen LogP contribution in [0, 0.1) is 16.0 Å². The van der Waals surface area contributed by atoms with Gasteiger partial charge in [0, 0.05) is 6.04 Å². The number of nitro groups is 1. The second kappa shape index (κ2) is 4.70. The fourth-order valence-corrected chi connectivity index (χ4v) is 2.94. The lowest BCUT2D eigenvalue weighted by Crippen LogP contribution is -2.20. The third kappa shape index (κ3) is 2.12. The van der Waals surface area contributed by atoms with Crippen LogP contribution in [0.25, 0.3) is 0 Å². The highest BCUT2D eigenvalue weighted by molar-refractivity contribution is 5.56. The van der Waals surface area contributed by atoms with Gasteiger partial charge in [-0.25, -0.2) is 0 Å². The number of nitro benzene ring substituents is 1. The number of nitrogens with zero attached hydrogens (tertiary/aromatic N) is 1. The Kier molecular flexibility index (Phi) is 3.02. The maximum absolute atomic E-state index is 11.2. The molecule has 0 amide bonds. The molecule has 1 aliphatic heterocycles. The molecule has 19 heavy (non-hydrogen) atoms. The smallest absolute Gasteiger partial charge is 0.278 e. The largest absolute Gasteiger partial charge is 0.454 e. The third-order valence-corrected chi connectivity index (χ3v) is 3.99. The molecule has 0 saturated heterocycles. The lowest BCUT2D eigenvalue weighted by Gasteiger charge is -2.19. The first-order valence-corrected chi connectivity index (χ1v) is 6.50. The molecule has 0 spiro atoms. The van der Waals surface area contributed by atoms with Gasteiger partial charge in [-0.3, -0.25) is 10.1 Å². The normalized spacial score (nSPS) is 19.6. The number of hydrogen-bond acceptors (Lipinski definition) is 5. The number of ether oxygens (including phenoxy) is 2. The first-order chi connectivity index (χ1) is 9.16. The molecule has 0 aromatic heterocycles. The van der Waals surface area contributed by atoms with Gasteiger partial charge in [0.15, 0.2) is 11.5 Å². The lowest BCUT2D eigenvalue weighted by molar-refractivity contribution is -0.385. The molecular formula is C13H16N2O4. The molecule has 1 saturated carbocycles. The highest BCUT2D eigenvalue weighted by Crippen LogP contribution is 2.43. The Balaban J connectivity index is 2.00. The summed E-state index contributed by atoms with van der Waals surface area (Å²) < 4.78 is 10.5. The van der Waals surface area contributed by atoms with Crippen LogP contribution < -0.4 is 15.2 Å². The van der Waals surface area contributed by atoms with Crippen LogP contribution in [-0.4, -0.2) is 11.7 Å². The van der Waals surface area contributed by atoms with Crippen LogP contribution in [0.1, 0.15) is 37.3 Å². The van der Waals surface area contributed by atoms with E-state index in [1.54, 1.807) is 6.07 Å². The van der Waals surface area contributed by atoms with E-state index in [-0.39, 0.29) is 18.5 Å². The van der Waals surface area contributed by atoms with Crippen LogP contribution in [0.3, 0.4) is 0 Å². The van der Waals surface area contributed by atoms with Crippen molar-refractivity contribution in [2.75, 3.05) is 6.79 Å². The molecule has 0 radical (unpaired) electrons. The first kappa shape index (κ1) is 12.2. The summed E-state index contributed by atoms with van der Waals surface area (Å²) in [7, 11) is 0. The number of hydrogen-bond donors (Lipinski definition) is 1. The summed E-state index contributed by atoms with van der Waals surface area (Å²) in [5.74, 6) is 1.29. The van der Waals surface area contributed by atoms with E-state index in [0.717, 1.165) is 25.7 Å².